The smallest absolute Gasteiger partial charge is 0.335 e. The summed E-state index contributed by atoms with van der Waals surface area (Å²) in [7, 11) is 0. The largest absolute Gasteiger partial charge is 0.490 e. The fraction of sp³-hybridized carbons (Fsp3) is 0.231. The maximum Gasteiger partial charge on any atom is 0.335 e. The second-order valence-electron chi connectivity index (χ2n) is 7.71. The molecule has 8 heteroatoms. The van der Waals surface area contributed by atoms with Gasteiger partial charge >= 0.3 is 5.97 Å². The van der Waals surface area contributed by atoms with Crippen LogP contribution in [0.5, 0.6) is 11.5 Å². The zero-order valence-corrected chi connectivity index (χ0v) is 20.0. The van der Waals surface area contributed by atoms with E-state index in [1.807, 2.05) is 45.0 Å². The van der Waals surface area contributed by atoms with E-state index in [1.54, 1.807) is 30.3 Å². The van der Waals surface area contributed by atoms with Crippen LogP contribution in [0.15, 0.2) is 54.6 Å². The molecule has 0 saturated carbocycles. The van der Waals surface area contributed by atoms with E-state index >= 15 is 0 Å². The fourth-order valence-electron chi connectivity index (χ4n) is 3.26. The van der Waals surface area contributed by atoms with Crippen LogP contribution in [0.4, 0.5) is 11.4 Å². The van der Waals surface area contributed by atoms with E-state index in [9.17, 15) is 9.59 Å². The normalized spacial score (nSPS) is 10.5. The lowest BCUT2D eigenvalue weighted by Crippen LogP contribution is -2.20. The second kappa shape index (κ2) is 11.4. The maximum absolute atomic E-state index is 12.3. The van der Waals surface area contributed by atoms with Gasteiger partial charge in [0.1, 0.15) is 0 Å². The van der Waals surface area contributed by atoms with E-state index in [1.165, 1.54) is 0 Å². The molecule has 34 heavy (non-hydrogen) atoms. The van der Waals surface area contributed by atoms with Gasteiger partial charge in [0, 0.05) is 29.0 Å². The van der Waals surface area contributed by atoms with Crippen molar-refractivity contribution in [1.29, 1.82) is 0 Å². The fourth-order valence-corrected chi connectivity index (χ4v) is 3.48. The number of benzene rings is 3. The van der Waals surface area contributed by atoms with E-state index in [0.717, 1.165) is 22.4 Å². The van der Waals surface area contributed by atoms with Crippen LogP contribution >= 0.6 is 11.6 Å². The van der Waals surface area contributed by atoms with Gasteiger partial charge in [-0.25, -0.2) is 4.79 Å². The zero-order valence-electron chi connectivity index (χ0n) is 19.3. The molecule has 7 nitrogen and oxygen atoms in total. The Balaban J connectivity index is 1.68. The number of hydrogen-bond donors (Lipinski definition) is 3. The van der Waals surface area contributed by atoms with E-state index in [2.05, 4.69) is 10.6 Å². The number of hydrogen-bond acceptors (Lipinski definition) is 5. The standard InChI is InChI=1S/C26H27ClN2O5/c1-4-33-23-12-19(14-28-22-10-7-18(26(31)32)11-17(22)3)21(27)13-24(23)34-15-25(30)29-20-8-5-16(2)6-9-20/h5-13,28H,4,14-15H2,1-3H3,(H,29,30)(H,31,32). The van der Waals surface area contributed by atoms with Crippen LogP contribution in [0, 0.1) is 13.8 Å². The number of rotatable bonds is 10. The van der Waals surface area contributed by atoms with Crippen LogP contribution in [0.25, 0.3) is 0 Å². The van der Waals surface area contributed by atoms with Gasteiger partial charge in [0.15, 0.2) is 18.1 Å². The molecule has 0 aliphatic carbocycles. The number of carboxylic acids is 1. The molecule has 0 atom stereocenters. The molecule has 3 rings (SSSR count). The number of ether oxygens (including phenoxy) is 2. The Morgan fingerprint density at radius 3 is 2.32 bits per heavy atom. The Morgan fingerprint density at radius 2 is 1.68 bits per heavy atom. The van der Waals surface area contributed by atoms with Crippen LogP contribution < -0.4 is 20.1 Å². The Kier molecular flexibility index (Phi) is 8.38. The molecule has 0 radical (unpaired) electrons. The van der Waals surface area contributed by atoms with Gasteiger partial charge < -0.3 is 25.2 Å². The SMILES string of the molecule is CCOc1cc(CNc2ccc(C(=O)O)cc2C)c(Cl)cc1OCC(=O)Nc1ccc(C)cc1. The summed E-state index contributed by atoms with van der Waals surface area (Å²) in [6.07, 6.45) is 0. The number of carbonyl (C=O) groups is 2. The van der Waals surface area contributed by atoms with Gasteiger partial charge in [0.25, 0.3) is 5.91 Å². The molecular formula is C26H27ClN2O5. The number of carboxylic acid groups (broad SMARTS) is 1. The van der Waals surface area contributed by atoms with Crippen molar-refractivity contribution in [2.24, 2.45) is 0 Å². The first kappa shape index (κ1) is 24.9. The molecule has 0 aliphatic heterocycles. The van der Waals surface area contributed by atoms with Gasteiger partial charge in [-0.05, 0) is 68.3 Å². The Hall–Kier alpha value is -3.71. The third-order valence-electron chi connectivity index (χ3n) is 5.05. The van der Waals surface area contributed by atoms with Crippen molar-refractivity contribution in [3.05, 3.63) is 81.9 Å². The Morgan fingerprint density at radius 1 is 0.971 bits per heavy atom. The number of halogens is 1. The molecule has 0 aliphatic rings. The molecule has 3 N–H and O–H groups in total. The van der Waals surface area contributed by atoms with Gasteiger partial charge in [-0.1, -0.05) is 29.3 Å². The van der Waals surface area contributed by atoms with E-state index in [4.69, 9.17) is 26.2 Å². The Bertz CT molecular complexity index is 1180. The first-order valence-electron chi connectivity index (χ1n) is 10.8. The molecule has 0 spiro atoms. The minimum absolute atomic E-state index is 0.197. The topological polar surface area (TPSA) is 96.9 Å². The monoisotopic (exact) mass is 482 g/mol. The number of aryl methyl sites for hydroxylation is 2. The van der Waals surface area contributed by atoms with Crippen molar-refractivity contribution in [3.8, 4) is 11.5 Å². The first-order chi connectivity index (χ1) is 16.3. The summed E-state index contributed by atoms with van der Waals surface area (Å²) in [5, 5.41) is 15.6. The van der Waals surface area contributed by atoms with Gasteiger partial charge in [0.05, 0.1) is 12.2 Å². The molecule has 0 aromatic heterocycles. The molecule has 0 fully saturated rings. The first-order valence-corrected chi connectivity index (χ1v) is 11.2. The lowest BCUT2D eigenvalue weighted by molar-refractivity contribution is -0.118. The lowest BCUT2D eigenvalue weighted by Gasteiger charge is -2.16. The molecular weight excluding hydrogens is 456 g/mol. The van der Waals surface area contributed by atoms with Crippen LogP contribution in [-0.4, -0.2) is 30.2 Å². The Labute approximate surface area is 203 Å². The number of nitrogens with one attached hydrogen (secondary N) is 2. The lowest BCUT2D eigenvalue weighted by atomic mass is 10.1. The number of amides is 1. The number of carbonyl (C=O) groups excluding carboxylic acids is 1. The summed E-state index contributed by atoms with van der Waals surface area (Å²) in [5.41, 5.74) is 4.39. The molecule has 3 aromatic carbocycles. The average molecular weight is 483 g/mol. The minimum atomic E-state index is -0.970. The van der Waals surface area contributed by atoms with Crippen molar-refractivity contribution >= 4 is 34.9 Å². The van der Waals surface area contributed by atoms with Crippen molar-refractivity contribution in [1.82, 2.24) is 0 Å². The van der Waals surface area contributed by atoms with E-state index < -0.39 is 5.97 Å². The van der Waals surface area contributed by atoms with Crippen LogP contribution in [0.1, 0.15) is 34.0 Å². The molecule has 178 valence electrons. The highest BCUT2D eigenvalue weighted by Gasteiger charge is 2.14. The summed E-state index contributed by atoms with van der Waals surface area (Å²) in [6, 6.07) is 15.8. The second-order valence-corrected chi connectivity index (χ2v) is 8.12. The number of anilines is 2. The summed E-state index contributed by atoms with van der Waals surface area (Å²) in [5.74, 6) is -0.419. The third kappa shape index (κ3) is 6.65. The molecule has 1 amide bonds. The molecule has 0 heterocycles. The van der Waals surface area contributed by atoms with Gasteiger partial charge in [-0.2, -0.15) is 0 Å². The van der Waals surface area contributed by atoms with Crippen LogP contribution in [0.3, 0.4) is 0 Å². The van der Waals surface area contributed by atoms with Crippen LogP contribution in [-0.2, 0) is 11.3 Å². The highest BCUT2D eigenvalue weighted by molar-refractivity contribution is 6.31. The summed E-state index contributed by atoms with van der Waals surface area (Å²) >= 11 is 6.48. The summed E-state index contributed by atoms with van der Waals surface area (Å²) < 4.78 is 11.4. The van der Waals surface area contributed by atoms with Crippen molar-refractivity contribution < 1.29 is 24.2 Å². The van der Waals surface area contributed by atoms with Crippen molar-refractivity contribution in [2.45, 2.75) is 27.3 Å². The average Bonchev–Trinajstić information content (AvgIpc) is 2.80. The maximum atomic E-state index is 12.3. The van der Waals surface area contributed by atoms with Crippen LogP contribution in [0.2, 0.25) is 5.02 Å². The minimum Gasteiger partial charge on any atom is -0.490 e. The van der Waals surface area contributed by atoms with Gasteiger partial charge in [-0.3, -0.25) is 4.79 Å². The summed E-state index contributed by atoms with van der Waals surface area (Å²) in [6.45, 7) is 6.27. The number of aromatic carboxylic acids is 1. The third-order valence-corrected chi connectivity index (χ3v) is 5.40. The van der Waals surface area contributed by atoms with Crippen molar-refractivity contribution in [3.63, 3.8) is 0 Å². The summed E-state index contributed by atoms with van der Waals surface area (Å²) in [4.78, 5) is 23.4. The predicted octanol–water partition coefficient (Wildman–Crippen LogP) is 5.68. The highest BCUT2D eigenvalue weighted by Crippen LogP contribution is 2.34. The predicted molar refractivity (Wildman–Crippen MR) is 133 cm³/mol. The zero-order chi connectivity index (χ0) is 24.7. The molecule has 0 unspecified atom stereocenters. The quantitative estimate of drug-likeness (QED) is 0.344. The highest BCUT2D eigenvalue weighted by atomic mass is 35.5. The van der Waals surface area contributed by atoms with Gasteiger partial charge in [0.2, 0.25) is 0 Å². The van der Waals surface area contributed by atoms with E-state index in [-0.39, 0.29) is 18.1 Å². The molecule has 0 bridgehead atoms. The van der Waals surface area contributed by atoms with Crippen molar-refractivity contribution in [2.75, 3.05) is 23.8 Å². The molecule has 0 saturated heterocycles. The molecule has 3 aromatic rings. The van der Waals surface area contributed by atoms with E-state index in [0.29, 0.717) is 35.4 Å². The van der Waals surface area contributed by atoms with Gasteiger partial charge in [-0.15, -0.1) is 0 Å².